The second-order valence-corrected chi connectivity index (χ2v) is 8.84. The van der Waals surface area contributed by atoms with E-state index in [1.807, 2.05) is 24.5 Å². The zero-order valence-electron chi connectivity index (χ0n) is 19.8. The van der Waals surface area contributed by atoms with E-state index in [-0.39, 0.29) is 24.0 Å². The Bertz CT molecular complexity index is 932. The molecule has 4 rings (SSSR count). The lowest BCUT2D eigenvalue weighted by Crippen LogP contribution is -2.46. The summed E-state index contributed by atoms with van der Waals surface area (Å²) in [5.41, 5.74) is 2.86. The quantitative estimate of drug-likeness (QED) is 0.425. The molecule has 0 spiro atoms. The average Bonchev–Trinajstić information content (AvgIpc) is 3.24. The highest BCUT2D eigenvalue weighted by molar-refractivity contribution is 5.89. The summed E-state index contributed by atoms with van der Waals surface area (Å²) in [7, 11) is 1.38. The fourth-order valence-corrected chi connectivity index (χ4v) is 4.81. The summed E-state index contributed by atoms with van der Waals surface area (Å²) in [5.74, 6) is -0.0802. The summed E-state index contributed by atoms with van der Waals surface area (Å²) in [6.45, 7) is 5.43. The number of carbonyl (C=O) groups excluding carboxylic acids is 2. The van der Waals surface area contributed by atoms with Crippen LogP contribution in [-0.4, -0.2) is 79.2 Å². The molecular weight excluding hydrogens is 432 g/mol. The van der Waals surface area contributed by atoms with Gasteiger partial charge in [0.25, 0.3) is 0 Å². The first-order chi connectivity index (χ1) is 16.7. The molecule has 8 heteroatoms. The summed E-state index contributed by atoms with van der Waals surface area (Å²) in [6, 6.07) is 11.9. The highest BCUT2D eigenvalue weighted by Crippen LogP contribution is 2.28. The second kappa shape index (κ2) is 12.1. The Kier molecular flexibility index (Phi) is 8.62. The van der Waals surface area contributed by atoms with E-state index in [1.165, 1.54) is 12.7 Å². The van der Waals surface area contributed by atoms with Gasteiger partial charge in [-0.1, -0.05) is 12.1 Å². The van der Waals surface area contributed by atoms with Gasteiger partial charge in [-0.05, 0) is 54.8 Å². The van der Waals surface area contributed by atoms with Gasteiger partial charge in [0.1, 0.15) is 0 Å². The first kappa shape index (κ1) is 24.3. The van der Waals surface area contributed by atoms with E-state index in [4.69, 9.17) is 9.47 Å². The number of hydrogen-bond donors (Lipinski definition) is 1. The molecule has 8 nitrogen and oxygen atoms in total. The molecule has 1 N–H and O–H groups in total. The van der Waals surface area contributed by atoms with Crippen LogP contribution in [0.4, 0.5) is 0 Å². The molecule has 2 aliphatic heterocycles. The zero-order valence-corrected chi connectivity index (χ0v) is 19.8. The highest BCUT2D eigenvalue weighted by Gasteiger charge is 2.34. The Morgan fingerprint density at radius 1 is 1.18 bits per heavy atom. The summed E-state index contributed by atoms with van der Waals surface area (Å²) >= 11 is 0. The number of carbonyl (C=O) groups is 2. The molecule has 1 amide bonds. The van der Waals surface area contributed by atoms with Gasteiger partial charge in [0, 0.05) is 51.0 Å². The molecule has 0 bridgehead atoms. The van der Waals surface area contributed by atoms with E-state index < -0.39 is 0 Å². The van der Waals surface area contributed by atoms with Crippen molar-refractivity contribution in [3.8, 4) is 0 Å². The SMILES string of the molecule is COC(=O)c1ccc(CNCC[C@@H]2CCC(=O)N2C[C@H](c2ccncc2)N2CCOCC2)cc1. The summed E-state index contributed by atoms with van der Waals surface area (Å²) < 4.78 is 10.3. The molecule has 182 valence electrons. The third kappa shape index (κ3) is 6.20. The lowest BCUT2D eigenvalue weighted by molar-refractivity contribution is -0.130. The van der Waals surface area contributed by atoms with Gasteiger partial charge in [0.05, 0.1) is 31.9 Å². The Labute approximate surface area is 201 Å². The maximum Gasteiger partial charge on any atom is 0.337 e. The molecule has 2 saturated heterocycles. The van der Waals surface area contributed by atoms with Gasteiger partial charge in [-0.15, -0.1) is 0 Å². The molecule has 1 aromatic carbocycles. The number of nitrogens with one attached hydrogen (secondary N) is 1. The van der Waals surface area contributed by atoms with Crippen LogP contribution >= 0.6 is 0 Å². The van der Waals surface area contributed by atoms with Crippen LogP contribution in [-0.2, 0) is 20.8 Å². The molecule has 0 saturated carbocycles. The largest absolute Gasteiger partial charge is 0.465 e. The molecule has 2 fully saturated rings. The number of ether oxygens (including phenoxy) is 2. The number of likely N-dealkylation sites (tertiary alicyclic amines) is 1. The summed E-state index contributed by atoms with van der Waals surface area (Å²) in [4.78, 5) is 33.1. The number of hydrogen-bond acceptors (Lipinski definition) is 7. The number of amides is 1. The molecule has 2 aromatic rings. The maximum absolute atomic E-state index is 12.8. The van der Waals surface area contributed by atoms with Crippen LogP contribution in [0.3, 0.4) is 0 Å². The van der Waals surface area contributed by atoms with E-state index in [1.54, 1.807) is 12.1 Å². The van der Waals surface area contributed by atoms with Crippen molar-refractivity contribution < 1.29 is 19.1 Å². The van der Waals surface area contributed by atoms with E-state index in [0.29, 0.717) is 18.5 Å². The van der Waals surface area contributed by atoms with Gasteiger partial charge in [0.15, 0.2) is 0 Å². The number of methoxy groups -OCH3 is 1. The maximum atomic E-state index is 12.8. The lowest BCUT2D eigenvalue weighted by atomic mass is 10.0. The number of aromatic nitrogens is 1. The predicted molar refractivity (Wildman–Crippen MR) is 128 cm³/mol. The van der Waals surface area contributed by atoms with E-state index >= 15 is 0 Å². The van der Waals surface area contributed by atoms with Crippen molar-refractivity contribution in [2.75, 3.05) is 46.5 Å². The van der Waals surface area contributed by atoms with Crippen LogP contribution in [0.2, 0.25) is 0 Å². The van der Waals surface area contributed by atoms with Crippen LogP contribution in [0.15, 0.2) is 48.8 Å². The Balaban J connectivity index is 1.32. The predicted octanol–water partition coefficient (Wildman–Crippen LogP) is 2.41. The molecule has 0 radical (unpaired) electrons. The van der Waals surface area contributed by atoms with Crippen molar-refractivity contribution in [3.05, 3.63) is 65.5 Å². The minimum Gasteiger partial charge on any atom is -0.465 e. The van der Waals surface area contributed by atoms with Crippen LogP contribution in [0.5, 0.6) is 0 Å². The third-order valence-electron chi connectivity index (χ3n) is 6.76. The fraction of sp³-hybridized carbons (Fsp3) is 0.500. The van der Waals surface area contributed by atoms with Crippen LogP contribution in [0.25, 0.3) is 0 Å². The van der Waals surface area contributed by atoms with Gasteiger partial charge < -0.3 is 19.7 Å². The average molecular weight is 467 g/mol. The van der Waals surface area contributed by atoms with Crippen LogP contribution in [0.1, 0.15) is 46.8 Å². The number of morpholine rings is 1. The minimum atomic E-state index is -0.326. The van der Waals surface area contributed by atoms with Gasteiger partial charge >= 0.3 is 5.97 Å². The Morgan fingerprint density at radius 2 is 1.91 bits per heavy atom. The van der Waals surface area contributed by atoms with Crippen molar-refractivity contribution >= 4 is 11.9 Å². The number of benzene rings is 1. The van der Waals surface area contributed by atoms with Gasteiger partial charge in [0.2, 0.25) is 5.91 Å². The van der Waals surface area contributed by atoms with Gasteiger partial charge in [-0.3, -0.25) is 14.7 Å². The molecule has 0 aliphatic carbocycles. The van der Waals surface area contributed by atoms with E-state index in [2.05, 4.69) is 32.2 Å². The Hall–Kier alpha value is -2.81. The summed E-state index contributed by atoms with van der Waals surface area (Å²) in [5, 5.41) is 3.49. The minimum absolute atomic E-state index is 0.151. The highest BCUT2D eigenvalue weighted by atomic mass is 16.5. The second-order valence-electron chi connectivity index (χ2n) is 8.84. The van der Waals surface area contributed by atoms with Crippen LogP contribution < -0.4 is 5.32 Å². The first-order valence-electron chi connectivity index (χ1n) is 12.0. The van der Waals surface area contributed by atoms with E-state index in [0.717, 1.165) is 57.8 Å². The van der Waals surface area contributed by atoms with Crippen molar-refractivity contribution in [2.24, 2.45) is 0 Å². The molecule has 34 heavy (non-hydrogen) atoms. The molecule has 3 heterocycles. The number of pyridine rings is 1. The van der Waals surface area contributed by atoms with Crippen molar-refractivity contribution in [1.82, 2.24) is 20.1 Å². The smallest absolute Gasteiger partial charge is 0.337 e. The molecule has 0 unspecified atom stereocenters. The van der Waals surface area contributed by atoms with Crippen LogP contribution in [0, 0.1) is 0 Å². The third-order valence-corrected chi connectivity index (χ3v) is 6.76. The van der Waals surface area contributed by atoms with Gasteiger partial charge in [-0.2, -0.15) is 0 Å². The van der Waals surface area contributed by atoms with Crippen molar-refractivity contribution in [1.29, 1.82) is 0 Å². The van der Waals surface area contributed by atoms with Crippen molar-refractivity contribution in [2.45, 2.75) is 37.9 Å². The standard InChI is InChI=1S/C26H34N4O4/c1-33-26(32)22-4-2-20(3-5-22)18-28-13-10-23-6-7-25(31)30(23)19-24(21-8-11-27-12-9-21)29-14-16-34-17-15-29/h2-5,8-9,11-12,23-24,28H,6-7,10,13-19H2,1H3/t23-,24+/m0/s1. The fourth-order valence-electron chi connectivity index (χ4n) is 4.81. The summed E-state index contributed by atoms with van der Waals surface area (Å²) in [6.07, 6.45) is 6.09. The monoisotopic (exact) mass is 466 g/mol. The number of esters is 1. The lowest BCUT2D eigenvalue weighted by Gasteiger charge is -2.38. The first-order valence-corrected chi connectivity index (χ1v) is 12.0. The molecular formula is C26H34N4O4. The number of nitrogens with zero attached hydrogens (tertiary/aromatic N) is 3. The number of rotatable bonds is 10. The van der Waals surface area contributed by atoms with Gasteiger partial charge in [-0.25, -0.2) is 4.79 Å². The Morgan fingerprint density at radius 3 is 2.62 bits per heavy atom. The normalized spacial score (nSPS) is 19.9. The molecule has 1 aromatic heterocycles. The topological polar surface area (TPSA) is 84.0 Å². The van der Waals surface area contributed by atoms with Crippen molar-refractivity contribution in [3.63, 3.8) is 0 Å². The molecule has 2 aliphatic rings. The zero-order chi connectivity index (χ0) is 23.8. The van der Waals surface area contributed by atoms with E-state index in [9.17, 15) is 9.59 Å². The molecule has 2 atom stereocenters.